The third-order valence-corrected chi connectivity index (χ3v) is 3.87. The Morgan fingerprint density at radius 1 is 1.23 bits per heavy atom. The first kappa shape index (κ1) is 9.47. The van der Waals surface area contributed by atoms with Crippen LogP contribution < -0.4 is 0 Å². The molecule has 0 aromatic carbocycles. The first-order valence-corrected chi connectivity index (χ1v) is 5.53. The van der Waals surface area contributed by atoms with Crippen LogP contribution in [0.25, 0.3) is 0 Å². The van der Waals surface area contributed by atoms with Crippen LogP contribution in [0, 0.1) is 11.8 Å². The minimum atomic E-state index is -0.500. The van der Waals surface area contributed by atoms with E-state index in [1.807, 2.05) is 0 Å². The van der Waals surface area contributed by atoms with Gasteiger partial charge >= 0.3 is 0 Å². The molecule has 2 aliphatic rings. The van der Waals surface area contributed by atoms with E-state index in [-0.39, 0.29) is 0 Å². The van der Waals surface area contributed by atoms with E-state index in [1.165, 1.54) is 32.1 Å². The van der Waals surface area contributed by atoms with Crippen LogP contribution in [0.2, 0.25) is 0 Å². The van der Waals surface area contributed by atoms with Crippen LogP contribution in [0.15, 0.2) is 0 Å². The molecule has 1 saturated heterocycles. The predicted molar refractivity (Wildman–Crippen MR) is 51.5 cm³/mol. The van der Waals surface area contributed by atoms with Crippen LogP contribution in [-0.2, 0) is 4.74 Å². The summed E-state index contributed by atoms with van der Waals surface area (Å²) in [6, 6.07) is 0. The van der Waals surface area contributed by atoms with Crippen molar-refractivity contribution < 1.29 is 9.84 Å². The van der Waals surface area contributed by atoms with Crippen molar-refractivity contribution in [3.63, 3.8) is 0 Å². The lowest BCUT2D eigenvalue weighted by Gasteiger charge is -2.37. The fourth-order valence-electron chi connectivity index (χ4n) is 2.81. The molecule has 2 rings (SSSR count). The SMILES string of the molecule is CC1COCC1(O)C1CCCCC1. The molecule has 2 nitrogen and oxygen atoms in total. The topological polar surface area (TPSA) is 29.5 Å². The Morgan fingerprint density at radius 2 is 1.92 bits per heavy atom. The molecule has 2 fully saturated rings. The minimum absolute atomic E-state index is 0.329. The maximum atomic E-state index is 10.5. The summed E-state index contributed by atoms with van der Waals surface area (Å²) in [5, 5.41) is 10.5. The second-order valence-electron chi connectivity index (χ2n) is 4.74. The van der Waals surface area contributed by atoms with Crippen molar-refractivity contribution in [3.05, 3.63) is 0 Å². The van der Waals surface area contributed by atoms with Gasteiger partial charge in [0.1, 0.15) is 0 Å². The average Bonchev–Trinajstić information content (AvgIpc) is 2.50. The van der Waals surface area contributed by atoms with E-state index in [0.717, 1.165) is 6.61 Å². The van der Waals surface area contributed by atoms with Crippen molar-refractivity contribution in [1.29, 1.82) is 0 Å². The van der Waals surface area contributed by atoms with E-state index in [0.29, 0.717) is 18.4 Å². The lowest BCUT2D eigenvalue weighted by atomic mass is 9.73. The number of ether oxygens (including phenoxy) is 1. The summed E-state index contributed by atoms with van der Waals surface area (Å²) in [7, 11) is 0. The van der Waals surface area contributed by atoms with Gasteiger partial charge in [-0.05, 0) is 18.8 Å². The lowest BCUT2D eigenvalue weighted by Crippen LogP contribution is -2.44. The summed E-state index contributed by atoms with van der Waals surface area (Å²) in [6.45, 7) is 3.42. The van der Waals surface area contributed by atoms with E-state index >= 15 is 0 Å². The highest BCUT2D eigenvalue weighted by atomic mass is 16.5. The van der Waals surface area contributed by atoms with Gasteiger partial charge in [0, 0.05) is 5.92 Å². The van der Waals surface area contributed by atoms with Gasteiger partial charge in [0.25, 0.3) is 0 Å². The second-order valence-corrected chi connectivity index (χ2v) is 4.74. The Morgan fingerprint density at radius 3 is 2.46 bits per heavy atom. The van der Waals surface area contributed by atoms with Gasteiger partial charge in [-0.15, -0.1) is 0 Å². The van der Waals surface area contributed by atoms with Gasteiger partial charge in [-0.1, -0.05) is 26.2 Å². The maximum Gasteiger partial charge on any atom is 0.0955 e. The van der Waals surface area contributed by atoms with Crippen LogP contribution in [0.3, 0.4) is 0 Å². The van der Waals surface area contributed by atoms with Gasteiger partial charge in [0.05, 0.1) is 18.8 Å². The molecule has 2 unspecified atom stereocenters. The summed E-state index contributed by atoms with van der Waals surface area (Å²) in [4.78, 5) is 0. The van der Waals surface area contributed by atoms with E-state index in [2.05, 4.69) is 6.92 Å². The molecule has 1 heterocycles. The van der Waals surface area contributed by atoms with Crippen molar-refractivity contribution in [2.75, 3.05) is 13.2 Å². The molecular weight excluding hydrogens is 164 g/mol. The van der Waals surface area contributed by atoms with Crippen molar-refractivity contribution >= 4 is 0 Å². The molecular formula is C11H20O2. The van der Waals surface area contributed by atoms with E-state index in [4.69, 9.17) is 4.74 Å². The summed E-state index contributed by atoms with van der Waals surface area (Å²) in [5.74, 6) is 0.828. The minimum Gasteiger partial charge on any atom is -0.387 e. The van der Waals surface area contributed by atoms with Crippen molar-refractivity contribution in [2.24, 2.45) is 11.8 Å². The molecule has 13 heavy (non-hydrogen) atoms. The van der Waals surface area contributed by atoms with Crippen molar-refractivity contribution in [1.82, 2.24) is 0 Å². The third-order valence-electron chi connectivity index (χ3n) is 3.87. The summed E-state index contributed by atoms with van der Waals surface area (Å²) >= 11 is 0. The van der Waals surface area contributed by atoms with Gasteiger partial charge in [0.15, 0.2) is 0 Å². The number of hydrogen-bond acceptors (Lipinski definition) is 2. The second kappa shape index (κ2) is 3.58. The van der Waals surface area contributed by atoms with Crippen molar-refractivity contribution in [3.8, 4) is 0 Å². The zero-order valence-electron chi connectivity index (χ0n) is 8.46. The molecule has 2 heteroatoms. The van der Waals surface area contributed by atoms with Gasteiger partial charge in [-0.3, -0.25) is 0 Å². The first-order valence-electron chi connectivity index (χ1n) is 5.53. The molecule has 0 bridgehead atoms. The summed E-state index contributed by atoms with van der Waals surface area (Å²) in [5.41, 5.74) is -0.500. The molecule has 1 saturated carbocycles. The van der Waals surface area contributed by atoms with Gasteiger partial charge < -0.3 is 9.84 Å². The van der Waals surface area contributed by atoms with Crippen LogP contribution >= 0.6 is 0 Å². The van der Waals surface area contributed by atoms with Gasteiger partial charge in [-0.25, -0.2) is 0 Å². The molecule has 1 aliphatic carbocycles. The summed E-state index contributed by atoms with van der Waals surface area (Å²) in [6.07, 6.45) is 6.33. The van der Waals surface area contributed by atoms with Gasteiger partial charge in [-0.2, -0.15) is 0 Å². The Kier molecular flexibility index (Phi) is 2.61. The largest absolute Gasteiger partial charge is 0.387 e. The maximum absolute atomic E-state index is 10.5. The monoisotopic (exact) mass is 184 g/mol. The number of aliphatic hydroxyl groups is 1. The Hall–Kier alpha value is -0.0800. The molecule has 0 aromatic heterocycles. The predicted octanol–water partition coefficient (Wildman–Crippen LogP) is 1.96. The molecule has 0 amide bonds. The molecule has 2 atom stereocenters. The van der Waals surface area contributed by atoms with E-state index in [9.17, 15) is 5.11 Å². The van der Waals surface area contributed by atoms with Crippen molar-refractivity contribution in [2.45, 2.75) is 44.6 Å². The Bertz CT molecular complexity index is 175. The standard InChI is InChI=1S/C11H20O2/c1-9-7-13-8-11(9,12)10-5-3-2-4-6-10/h9-10,12H,2-8H2,1H3. The first-order chi connectivity index (χ1) is 6.23. The molecule has 0 spiro atoms. The smallest absolute Gasteiger partial charge is 0.0955 e. The number of hydrogen-bond donors (Lipinski definition) is 1. The van der Waals surface area contributed by atoms with Crippen LogP contribution in [-0.4, -0.2) is 23.9 Å². The summed E-state index contributed by atoms with van der Waals surface area (Å²) < 4.78 is 5.38. The Balaban J connectivity index is 2.03. The molecule has 0 radical (unpaired) electrons. The Labute approximate surface area is 80.3 Å². The average molecular weight is 184 g/mol. The zero-order valence-corrected chi connectivity index (χ0v) is 8.46. The van der Waals surface area contributed by atoms with Crippen LogP contribution in [0.4, 0.5) is 0 Å². The number of rotatable bonds is 1. The van der Waals surface area contributed by atoms with Crippen LogP contribution in [0.5, 0.6) is 0 Å². The molecule has 1 aliphatic heterocycles. The highest BCUT2D eigenvalue weighted by Crippen LogP contribution is 2.40. The highest BCUT2D eigenvalue weighted by molar-refractivity contribution is 4.95. The van der Waals surface area contributed by atoms with Gasteiger partial charge in [0.2, 0.25) is 0 Å². The molecule has 1 N–H and O–H groups in total. The molecule has 0 aromatic rings. The fraction of sp³-hybridized carbons (Fsp3) is 1.00. The van der Waals surface area contributed by atoms with E-state index < -0.39 is 5.60 Å². The van der Waals surface area contributed by atoms with Crippen LogP contribution in [0.1, 0.15) is 39.0 Å². The normalized spacial score (nSPS) is 42.5. The quantitative estimate of drug-likeness (QED) is 0.675. The molecule has 76 valence electrons. The zero-order chi connectivity index (χ0) is 9.31. The third kappa shape index (κ3) is 1.62. The van der Waals surface area contributed by atoms with E-state index in [1.54, 1.807) is 0 Å². The fourth-order valence-corrected chi connectivity index (χ4v) is 2.81. The highest BCUT2D eigenvalue weighted by Gasteiger charge is 2.45. The lowest BCUT2D eigenvalue weighted by molar-refractivity contribution is -0.0593.